The zero-order chi connectivity index (χ0) is 14.5. The van der Waals surface area contributed by atoms with Gasteiger partial charge in [-0.3, -0.25) is 10.1 Å². The van der Waals surface area contributed by atoms with Crippen molar-refractivity contribution in [3.63, 3.8) is 0 Å². The van der Waals surface area contributed by atoms with Gasteiger partial charge < -0.3 is 11.1 Å². The fourth-order valence-electron chi connectivity index (χ4n) is 2.04. The highest BCUT2D eigenvalue weighted by Crippen LogP contribution is 2.24. The number of nitrogens with zero attached hydrogens (tertiary/aromatic N) is 1. The van der Waals surface area contributed by atoms with Crippen molar-refractivity contribution in [3.05, 3.63) is 63.7 Å². The summed E-state index contributed by atoms with van der Waals surface area (Å²) in [7, 11) is 0. The molecule has 0 aliphatic rings. The lowest BCUT2D eigenvalue weighted by molar-refractivity contribution is -0.385. The first kappa shape index (κ1) is 13.9. The number of nitrogens with one attached hydrogen (secondary N) is 1. The topological polar surface area (TPSA) is 81.2 Å². The van der Waals surface area contributed by atoms with Crippen LogP contribution in [0.15, 0.2) is 42.5 Å². The summed E-state index contributed by atoms with van der Waals surface area (Å²) in [6.07, 6.45) is 0.836. The van der Waals surface area contributed by atoms with Crippen molar-refractivity contribution in [1.29, 1.82) is 0 Å². The second-order valence-electron chi connectivity index (χ2n) is 4.63. The van der Waals surface area contributed by atoms with Gasteiger partial charge in [0.15, 0.2) is 0 Å². The normalized spacial score (nSPS) is 10.2. The molecule has 0 radical (unpaired) electrons. The maximum atomic E-state index is 10.9. The first-order chi connectivity index (χ1) is 9.58. The quantitative estimate of drug-likeness (QED) is 0.497. The van der Waals surface area contributed by atoms with Crippen LogP contribution in [0, 0.1) is 17.0 Å². The van der Waals surface area contributed by atoms with Crippen LogP contribution < -0.4 is 11.1 Å². The standard InChI is InChI=1S/C15H17N3O2/c1-11-14(3-2-4-15(11)18(19)20)17-10-9-12-5-7-13(16)8-6-12/h2-8,17H,9-10,16H2,1H3. The molecule has 0 aliphatic heterocycles. The molecule has 0 aliphatic carbocycles. The van der Waals surface area contributed by atoms with Gasteiger partial charge in [0.2, 0.25) is 0 Å². The van der Waals surface area contributed by atoms with E-state index in [0.717, 1.165) is 17.8 Å². The van der Waals surface area contributed by atoms with Crippen molar-refractivity contribution >= 4 is 17.1 Å². The first-order valence-electron chi connectivity index (χ1n) is 6.40. The molecule has 104 valence electrons. The number of anilines is 2. The van der Waals surface area contributed by atoms with Gasteiger partial charge >= 0.3 is 0 Å². The molecule has 0 saturated heterocycles. The number of rotatable bonds is 5. The Morgan fingerprint density at radius 1 is 1.20 bits per heavy atom. The lowest BCUT2D eigenvalue weighted by Gasteiger charge is -2.09. The van der Waals surface area contributed by atoms with Crippen LogP contribution >= 0.6 is 0 Å². The number of nitro groups is 1. The number of nitrogen functional groups attached to an aromatic ring is 1. The molecule has 2 aromatic carbocycles. The Labute approximate surface area is 117 Å². The van der Waals surface area contributed by atoms with Gasteiger partial charge in [0.05, 0.1) is 4.92 Å². The molecule has 3 N–H and O–H groups in total. The second kappa shape index (κ2) is 6.06. The number of nitrogens with two attached hydrogens (primary N) is 1. The van der Waals surface area contributed by atoms with Crippen LogP contribution in [-0.4, -0.2) is 11.5 Å². The Kier molecular flexibility index (Phi) is 4.20. The molecule has 2 aromatic rings. The first-order valence-corrected chi connectivity index (χ1v) is 6.40. The Morgan fingerprint density at radius 3 is 2.55 bits per heavy atom. The van der Waals surface area contributed by atoms with Crippen LogP contribution in [0.5, 0.6) is 0 Å². The molecular weight excluding hydrogens is 254 g/mol. The summed E-state index contributed by atoms with van der Waals surface area (Å²) in [6.45, 7) is 2.47. The van der Waals surface area contributed by atoms with Gasteiger partial charge in [-0.1, -0.05) is 18.2 Å². The predicted molar refractivity (Wildman–Crippen MR) is 80.9 cm³/mol. The zero-order valence-corrected chi connectivity index (χ0v) is 11.3. The molecule has 2 rings (SSSR count). The van der Waals surface area contributed by atoms with Gasteiger partial charge in [-0.15, -0.1) is 0 Å². The molecule has 0 aromatic heterocycles. The molecule has 5 heteroatoms. The third-order valence-corrected chi connectivity index (χ3v) is 3.21. The molecule has 20 heavy (non-hydrogen) atoms. The highest BCUT2D eigenvalue weighted by molar-refractivity contribution is 5.59. The molecule has 0 atom stereocenters. The van der Waals surface area contributed by atoms with Crippen LogP contribution in [0.4, 0.5) is 17.1 Å². The molecular formula is C15H17N3O2. The molecule has 5 nitrogen and oxygen atoms in total. The van der Waals surface area contributed by atoms with Crippen molar-refractivity contribution < 1.29 is 4.92 Å². The molecule has 0 fully saturated rings. The van der Waals surface area contributed by atoms with Gasteiger partial charge in [0.1, 0.15) is 0 Å². The van der Waals surface area contributed by atoms with Crippen molar-refractivity contribution in [3.8, 4) is 0 Å². The van der Waals surface area contributed by atoms with Crippen molar-refractivity contribution in [1.82, 2.24) is 0 Å². The van der Waals surface area contributed by atoms with E-state index >= 15 is 0 Å². The zero-order valence-electron chi connectivity index (χ0n) is 11.3. The molecule has 0 heterocycles. The smallest absolute Gasteiger partial charge is 0.274 e. The van der Waals surface area contributed by atoms with Crippen LogP contribution in [0.25, 0.3) is 0 Å². The number of hydrogen-bond donors (Lipinski definition) is 2. The Balaban J connectivity index is 1.99. The van der Waals surface area contributed by atoms with Crippen LogP contribution in [0.1, 0.15) is 11.1 Å². The summed E-state index contributed by atoms with van der Waals surface area (Å²) in [5.74, 6) is 0. The fraction of sp³-hybridized carbons (Fsp3) is 0.200. The highest BCUT2D eigenvalue weighted by atomic mass is 16.6. The van der Waals surface area contributed by atoms with E-state index in [4.69, 9.17) is 5.73 Å². The average Bonchev–Trinajstić information content (AvgIpc) is 2.42. The second-order valence-corrected chi connectivity index (χ2v) is 4.63. The third kappa shape index (κ3) is 3.26. The third-order valence-electron chi connectivity index (χ3n) is 3.21. The van der Waals surface area contributed by atoms with Crippen molar-refractivity contribution in [2.24, 2.45) is 0 Å². The SMILES string of the molecule is Cc1c(NCCc2ccc(N)cc2)cccc1[N+](=O)[O-]. The summed E-state index contributed by atoms with van der Waals surface area (Å²) in [4.78, 5) is 10.5. The van der Waals surface area contributed by atoms with Crippen molar-refractivity contribution in [2.75, 3.05) is 17.6 Å². The largest absolute Gasteiger partial charge is 0.399 e. The number of nitro benzene ring substituents is 1. The minimum Gasteiger partial charge on any atom is -0.399 e. The van der Waals surface area contributed by atoms with Gasteiger partial charge in [-0.2, -0.15) is 0 Å². The lowest BCUT2D eigenvalue weighted by Crippen LogP contribution is -2.07. The summed E-state index contributed by atoms with van der Waals surface area (Å²) in [5, 5.41) is 14.1. The van der Waals surface area contributed by atoms with E-state index in [0.29, 0.717) is 12.1 Å². The molecule has 0 saturated carbocycles. The highest BCUT2D eigenvalue weighted by Gasteiger charge is 2.12. The Morgan fingerprint density at radius 2 is 1.90 bits per heavy atom. The van der Waals surface area contributed by atoms with Crippen molar-refractivity contribution in [2.45, 2.75) is 13.3 Å². The van der Waals surface area contributed by atoms with Crippen LogP contribution in [0.2, 0.25) is 0 Å². The Bertz CT molecular complexity index is 609. The van der Waals surface area contributed by atoms with Gasteiger partial charge in [0, 0.05) is 29.5 Å². The number of hydrogen-bond acceptors (Lipinski definition) is 4. The van der Waals surface area contributed by atoms with E-state index in [2.05, 4.69) is 5.32 Å². The Hall–Kier alpha value is -2.56. The monoisotopic (exact) mass is 271 g/mol. The minimum absolute atomic E-state index is 0.141. The van der Waals surface area contributed by atoms with Crippen LogP contribution in [-0.2, 0) is 6.42 Å². The fourth-order valence-corrected chi connectivity index (χ4v) is 2.04. The van der Waals surface area contributed by atoms with Gasteiger partial charge in [0.25, 0.3) is 5.69 Å². The molecule has 0 spiro atoms. The lowest BCUT2D eigenvalue weighted by atomic mass is 10.1. The van der Waals surface area contributed by atoms with E-state index in [9.17, 15) is 10.1 Å². The summed E-state index contributed by atoms with van der Waals surface area (Å²) >= 11 is 0. The molecule has 0 unspecified atom stereocenters. The number of benzene rings is 2. The van der Waals surface area contributed by atoms with Gasteiger partial charge in [-0.25, -0.2) is 0 Å². The maximum Gasteiger partial charge on any atom is 0.274 e. The van der Waals surface area contributed by atoms with E-state index in [1.54, 1.807) is 13.0 Å². The van der Waals surface area contributed by atoms with Gasteiger partial charge in [-0.05, 0) is 37.1 Å². The molecule has 0 amide bonds. The molecule has 0 bridgehead atoms. The summed E-state index contributed by atoms with van der Waals surface area (Å²) in [5.41, 5.74) is 9.16. The predicted octanol–water partition coefficient (Wildman–Crippen LogP) is 3.14. The van der Waals surface area contributed by atoms with E-state index < -0.39 is 0 Å². The van der Waals surface area contributed by atoms with Crippen LogP contribution in [0.3, 0.4) is 0 Å². The van der Waals surface area contributed by atoms with E-state index in [-0.39, 0.29) is 10.6 Å². The average molecular weight is 271 g/mol. The summed E-state index contributed by atoms with van der Waals surface area (Å²) < 4.78 is 0. The summed E-state index contributed by atoms with van der Waals surface area (Å²) in [6, 6.07) is 12.8. The maximum absolute atomic E-state index is 10.9. The van der Waals surface area contributed by atoms with E-state index in [1.807, 2.05) is 30.3 Å². The van der Waals surface area contributed by atoms with E-state index in [1.165, 1.54) is 11.6 Å². The minimum atomic E-state index is -0.361.